The lowest BCUT2D eigenvalue weighted by molar-refractivity contribution is 0.459. The van der Waals surface area contributed by atoms with Crippen LogP contribution in [0, 0.1) is 6.92 Å². The summed E-state index contributed by atoms with van der Waals surface area (Å²) in [6, 6.07) is 2.17. The highest BCUT2D eigenvalue weighted by molar-refractivity contribution is 5.85. The average molecular weight is 249 g/mol. The van der Waals surface area contributed by atoms with Gasteiger partial charge in [0.1, 0.15) is 0 Å². The maximum Gasteiger partial charge on any atom is 0.0299 e. The molecule has 1 aliphatic heterocycles. The van der Waals surface area contributed by atoms with Crippen LogP contribution in [0.1, 0.15) is 29.9 Å². The minimum Gasteiger partial charge on any atom is -0.317 e. The molecule has 0 aromatic carbocycles. The lowest BCUT2D eigenvalue weighted by Crippen LogP contribution is -2.26. The van der Waals surface area contributed by atoms with Crippen molar-refractivity contribution in [1.82, 2.24) is 10.3 Å². The van der Waals surface area contributed by atoms with Crippen molar-refractivity contribution in [3.63, 3.8) is 0 Å². The summed E-state index contributed by atoms with van der Waals surface area (Å²) >= 11 is 0. The molecular weight excluding hydrogens is 231 g/mol. The van der Waals surface area contributed by atoms with Crippen LogP contribution in [0.5, 0.6) is 0 Å². The maximum atomic E-state index is 4.12. The first kappa shape index (κ1) is 14.7. The summed E-state index contributed by atoms with van der Waals surface area (Å²) in [5.74, 6) is 0.754. The molecule has 1 fully saturated rings. The van der Waals surface area contributed by atoms with Gasteiger partial charge in [-0.1, -0.05) is 0 Å². The monoisotopic (exact) mass is 248 g/mol. The molecule has 2 rings (SSSR count). The van der Waals surface area contributed by atoms with Crippen molar-refractivity contribution < 1.29 is 0 Å². The molecule has 0 aliphatic carbocycles. The Morgan fingerprint density at radius 1 is 1.27 bits per heavy atom. The van der Waals surface area contributed by atoms with Crippen molar-refractivity contribution >= 4 is 24.8 Å². The predicted octanol–water partition coefficient (Wildman–Crippen LogP) is 2.70. The Morgan fingerprint density at radius 3 is 2.53 bits per heavy atom. The van der Waals surface area contributed by atoms with E-state index >= 15 is 0 Å². The second-order valence-corrected chi connectivity index (χ2v) is 3.76. The lowest BCUT2D eigenvalue weighted by Gasteiger charge is -2.24. The topological polar surface area (TPSA) is 24.9 Å². The third-order valence-corrected chi connectivity index (χ3v) is 2.84. The summed E-state index contributed by atoms with van der Waals surface area (Å²) in [7, 11) is 0. The molecule has 1 aromatic heterocycles. The van der Waals surface area contributed by atoms with Gasteiger partial charge in [-0.25, -0.2) is 0 Å². The molecule has 2 heterocycles. The molecule has 0 atom stereocenters. The fourth-order valence-electron chi connectivity index (χ4n) is 2.08. The van der Waals surface area contributed by atoms with Gasteiger partial charge < -0.3 is 5.32 Å². The molecular formula is C11H18Cl2N2. The van der Waals surface area contributed by atoms with Crippen LogP contribution in [0.25, 0.3) is 0 Å². The first-order valence-electron chi connectivity index (χ1n) is 4.99. The standard InChI is InChI=1S/C11H16N2.2ClH/c1-9-8-13-7-4-11(9)10-2-5-12-6-3-10;;/h4,7-8,10,12H,2-3,5-6H2,1H3;2*1H. The normalized spacial score (nSPS) is 16.3. The van der Waals surface area contributed by atoms with Crippen LogP contribution in [0.15, 0.2) is 18.5 Å². The van der Waals surface area contributed by atoms with Gasteiger partial charge in [0.25, 0.3) is 0 Å². The lowest BCUT2D eigenvalue weighted by atomic mass is 9.88. The minimum absolute atomic E-state index is 0. The van der Waals surface area contributed by atoms with E-state index in [-0.39, 0.29) is 24.8 Å². The number of hydrogen-bond acceptors (Lipinski definition) is 2. The Morgan fingerprint density at radius 2 is 1.93 bits per heavy atom. The molecule has 1 aliphatic rings. The van der Waals surface area contributed by atoms with Crippen molar-refractivity contribution in [2.75, 3.05) is 13.1 Å². The third-order valence-electron chi connectivity index (χ3n) is 2.84. The van der Waals surface area contributed by atoms with E-state index in [1.54, 1.807) is 0 Å². The van der Waals surface area contributed by atoms with Crippen LogP contribution in [-0.4, -0.2) is 18.1 Å². The second-order valence-electron chi connectivity index (χ2n) is 3.76. The zero-order chi connectivity index (χ0) is 9.10. The van der Waals surface area contributed by atoms with Crippen LogP contribution in [0.3, 0.4) is 0 Å². The largest absolute Gasteiger partial charge is 0.317 e. The minimum atomic E-state index is 0. The van der Waals surface area contributed by atoms with Crippen molar-refractivity contribution in [1.29, 1.82) is 0 Å². The van der Waals surface area contributed by atoms with Crippen LogP contribution in [0.4, 0.5) is 0 Å². The van der Waals surface area contributed by atoms with Crippen LogP contribution < -0.4 is 5.32 Å². The van der Waals surface area contributed by atoms with E-state index in [4.69, 9.17) is 0 Å². The van der Waals surface area contributed by atoms with E-state index in [0.29, 0.717) is 0 Å². The summed E-state index contributed by atoms with van der Waals surface area (Å²) in [5, 5.41) is 3.39. The Labute approximate surface area is 104 Å². The fourth-order valence-corrected chi connectivity index (χ4v) is 2.08. The molecule has 0 unspecified atom stereocenters. The van der Waals surface area contributed by atoms with E-state index in [0.717, 1.165) is 19.0 Å². The zero-order valence-corrected chi connectivity index (χ0v) is 10.5. The number of nitrogens with zero attached hydrogens (tertiary/aromatic N) is 1. The molecule has 1 saturated heterocycles. The number of piperidine rings is 1. The smallest absolute Gasteiger partial charge is 0.0299 e. The van der Waals surface area contributed by atoms with Gasteiger partial charge in [-0.15, -0.1) is 24.8 Å². The van der Waals surface area contributed by atoms with Gasteiger partial charge >= 0.3 is 0 Å². The summed E-state index contributed by atoms with van der Waals surface area (Å²) in [6.45, 7) is 4.48. The Kier molecular flexibility index (Phi) is 6.90. The molecule has 15 heavy (non-hydrogen) atoms. The van der Waals surface area contributed by atoms with Gasteiger partial charge in [-0.3, -0.25) is 4.98 Å². The molecule has 2 nitrogen and oxygen atoms in total. The highest BCUT2D eigenvalue weighted by Crippen LogP contribution is 2.26. The van der Waals surface area contributed by atoms with Crippen molar-refractivity contribution in [3.8, 4) is 0 Å². The number of halogens is 2. The van der Waals surface area contributed by atoms with Crippen molar-refractivity contribution in [3.05, 3.63) is 29.6 Å². The van der Waals surface area contributed by atoms with E-state index in [1.807, 2.05) is 12.4 Å². The first-order valence-corrected chi connectivity index (χ1v) is 4.99. The average Bonchev–Trinajstić information content (AvgIpc) is 2.20. The van der Waals surface area contributed by atoms with Gasteiger partial charge in [0.05, 0.1) is 0 Å². The Hall–Kier alpha value is -0.310. The van der Waals surface area contributed by atoms with Gasteiger partial charge in [0.15, 0.2) is 0 Å². The molecule has 4 heteroatoms. The number of nitrogens with one attached hydrogen (secondary N) is 1. The molecule has 0 bridgehead atoms. The SMILES string of the molecule is Cc1cnccc1C1CCNCC1.Cl.Cl. The first-order chi connectivity index (χ1) is 6.38. The highest BCUT2D eigenvalue weighted by atomic mass is 35.5. The number of hydrogen-bond donors (Lipinski definition) is 1. The number of pyridine rings is 1. The predicted molar refractivity (Wildman–Crippen MR) is 68.3 cm³/mol. The van der Waals surface area contributed by atoms with Gasteiger partial charge in [0.2, 0.25) is 0 Å². The molecule has 0 saturated carbocycles. The van der Waals surface area contributed by atoms with E-state index in [2.05, 4.69) is 23.3 Å². The molecule has 0 radical (unpaired) electrons. The summed E-state index contributed by atoms with van der Waals surface area (Å²) in [6.07, 6.45) is 6.41. The van der Waals surface area contributed by atoms with Gasteiger partial charge in [-0.2, -0.15) is 0 Å². The zero-order valence-electron chi connectivity index (χ0n) is 8.90. The third kappa shape index (κ3) is 3.63. The molecule has 86 valence electrons. The molecule has 1 aromatic rings. The molecule has 0 spiro atoms. The van der Waals surface area contributed by atoms with Crippen LogP contribution in [-0.2, 0) is 0 Å². The fraction of sp³-hybridized carbons (Fsp3) is 0.545. The summed E-state index contributed by atoms with van der Waals surface area (Å²) < 4.78 is 0. The number of aryl methyl sites for hydroxylation is 1. The second kappa shape index (κ2) is 7.04. The van der Waals surface area contributed by atoms with Crippen LogP contribution >= 0.6 is 24.8 Å². The van der Waals surface area contributed by atoms with Gasteiger partial charge in [-0.05, 0) is 56.0 Å². The van der Waals surface area contributed by atoms with E-state index < -0.39 is 0 Å². The maximum absolute atomic E-state index is 4.12. The van der Waals surface area contributed by atoms with Crippen LogP contribution in [0.2, 0.25) is 0 Å². The molecule has 1 N–H and O–H groups in total. The summed E-state index contributed by atoms with van der Waals surface area (Å²) in [4.78, 5) is 4.12. The van der Waals surface area contributed by atoms with Gasteiger partial charge in [0, 0.05) is 12.4 Å². The van der Waals surface area contributed by atoms with Crippen molar-refractivity contribution in [2.45, 2.75) is 25.7 Å². The Bertz CT molecular complexity index is 286. The van der Waals surface area contributed by atoms with E-state index in [9.17, 15) is 0 Å². The highest BCUT2D eigenvalue weighted by Gasteiger charge is 2.16. The quantitative estimate of drug-likeness (QED) is 0.827. The number of rotatable bonds is 1. The van der Waals surface area contributed by atoms with Crippen molar-refractivity contribution in [2.24, 2.45) is 0 Å². The molecule has 0 amide bonds. The number of aromatic nitrogens is 1. The summed E-state index contributed by atoms with van der Waals surface area (Å²) in [5.41, 5.74) is 2.84. The Balaban J connectivity index is 0.000000980. The van der Waals surface area contributed by atoms with E-state index in [1.165, 1.54) is 24.0 Å².